The zero-order chi connectivity index (χ0) is 17.6. The molecule has 0 aromatic carbocycles. The first-order chi connectivity index (χ1) is 12.0. The summed E-state index contributed by atoms with van der Waals surface area (Å²) in [4.78, 5) is 27.1. The zero-order valence-corrected chi connectivity index (χ0v) is 14.7. The molecule has 7 heteroatoms. The Labute approximate surface area is 145 Å². The molecule has 25 heavy (non-hydrogen) atoms. The van der Waals surface area contributed by atoms with E-state index in [0.717, 1.165) is 37.6 Å². The van der Waals surface area contributed by atoms with Gasteiger partial charge in [-0.15, -0.1) is 0 Å². The number of hydrogen-bond donors (Lipinski definition) is 0. The molecular formula is C18H24N4O3. The summed E-state index contributed by atoms with van der Waals surface area (Å²) in [5.41, 5.74) is -0.916. The summed E-state index contributed by atoms with van der Waals surface area (Å²) in [5, 5.41) is 4.59. The summed E-state index contributed by atoms with van der Waals surface area (Å²) in [7, 11) is 0. The lowest BCUT2D eigenvalue weighted by molar-refractivity contribution is 0.148. The average molecular weight is 344 g/mol. The average Bonchev–Trinajstić information content (AvgIpc) is 3.20. The molecule has 2 aromatic heterocycles. The molecule has 2 atom stereocenters. The zero-order valence-electron chi connectivity index (χ0n) is 14.7. The number of nitrogens with zero attached hydrogens (tertiary/aromatic N) is 4. The Hall–Kier alpha value is -2.15. The highest BCUT2D eigenvalue weighted by molar-refractivity contribution is 5.10. The third-order valence-electron chi connectivity index (χ3n) is 5.25. The summed E-state index contributed by atoms with van der Waals surface area (Å²) in [6.07, 6.45) is 2.70. The molecule has 4 rings (SSSR count). The molecule has 0 amide bonds. The maximum Gasteiger partial charge on any atom is 0.332 e. The largest absolute Gasteiger partial charge is 0.468 e. The van der Waals surface area contributed by atoms with Gasteiger partial charge in [0.05, 0.1) is 12.8 Å². The molecule has 0 radical (unpaired) electrons. The maximum atomic E-state index is 12.5. The molecule has 0 saturated carbocycles. The third-order valence-corrected chi connectivity index (χ3v) is 5.25. The second-order valence-electron chi connectivity index (χ2n) is 7.62. The molecule has 1 saturated heterocycles. The van der Waals surface area contributed by atoms with Gasteiger partial charge in [0, 0.05) is 25.6 Å². The van der Waals surface area contributed by atoms with E-state index >= 15 is 0 Å². The van der Waals surface area contributed by atoms with Crippen molar-refractivity contribution < 1.29 is 4.42 Å². The predicted octanol–water partition coefficient (Wildman–Crippen LogP) is 1.27. The molecule has 2 aromatic rings. The van der Waals surface area contributed by atoms with Crippen LogP contribution in [0.2, 0.25) is 0 Å². The standard InChI is InChI=1S/C18H24N4O3/c1-12(2)8-22-18(24)17(23)21-9-13-5-6-20(10-14-4-3-7-25-14)11-15(13)16(21)19-22/h3-4,7,12-13,15H,5-6,8-11H2,1-2H3/t13-,15-/m0/s1. The molecule has 0 unspecified atom stereocenters. The van der Waals surface area contributed by atoms with Crippen molar-refractivity contribution in [1.82, 2.24) is 19.2 Å². The third kappa shape index (κ3) is 2.97. The Morgan fingerprint density at radius 1 is 1.28 bits per heavy atom. The quantitative estimate of drug-likeness (QED) is 0.781. The van der Waals surface area contributed by atoms with Crippen LogP contribution in [-0.4, -0.2) is 32.3 Å². The van der Waals surface area contributed by atoms with Gasteiger partial charge in [-0.25, -0.2) is 4.68 Å². The normalized spacial score (nSPS) is 23.0. The lowest BCUT2D eigenvalue weighted by Crippen LogP contribution is -2.44. The fourth-order valence-corrected chi connectivity index (χ4v) is 4.05. The molecule has 7 nitrogen and oxygen atoms in total. The molecule has 1 fully saturated rings. The van der Waals surface area contributed by atoms with E-state index in [2.05, 4.69) is 10.00 Å². The van der Waals surface area contributed by atoms with Crippen molar-refractivity contribution in [1.29, 1.82) is 0 Å². The predicted molar refractivity (Wildman–Crippen MR) is 92.4 cm³/mol. The summed E-state index contributed by atoms with van der Waals surface area (Å²) >= 11 is 0. The van der Waals surface area contributed by atoms with E-state index in [4.69, 9.17) is 4.42 Å². The first kappa shape index (κ1) is 16.3. The first-order valence-electron chi connectivity index (χ1n) is 8.99. The summed E-state index contributed by atoms with van der Waals surface area (Å²) in [6, 6.07) is 3.89. The van der Waals surface area contributed by atoms with Crippen LogP contribution >= 0.6 is 0 Å². The van der Waals surface area contributed by atoms with Crippen molar-refractivity contribution in [3.63, 3.8) is 0 Å². The molecule has 4 heterocycles. The molecule has 0 aliphatic carbocycles. The van der Waals surface area contributed by atoms with E-state index in [1.54, 1.807) is 10.8 Å². The maximum absolute atomic E-state index is 12.5. The highest BCUT2D eigenvalue weighted by Crippen LogP contribution is 2.37. The number of furan rings is 1. The lowest BCUT2D eigenvalue weighted by atomic mass is 9.87. The number of aromatic nitrogens is 3. The number of likely N-dealkylation sites (tertiary alicyclic amines) is 1. The Morgan fingerprint density at radius 2 is 2.12 bits per heavy atom. The van der Waals surface area contributed by atoms with E-state index in [9.17, 15) is 9.59 Å². The minimum atomic E-state index is -0.497. The summed E-state index contributed by atoms with van der Waals surface area (Å²) in [6.45, 7) is 7.74. The Morgan fingerprint density at radius 3 is 2.84 bits per heavy atom. The first-order valence-corrected chi connectivity index (χ1v) is 8.99. The number of fused-ring (bicyclic) bond motifs is 3. The Kier molecular flexibility index (Phi) is 4.11. The SMILES string of the molecule is CC(C)Cn1nc2n(c(=O)c1=O)C[C@@H]1CCN(Cc3ccco3)C[C@H]21. The van der Waals surface area contributed by atoms with Crippen LogP contribution in [-0.2, 0) is 19.6 Å². The van der Waals surface area contributed by atoms with Gasteiger partial charge in [-0.2, -0.15) is 5.10 Å². The van der Waals surface area contributed by atoms with Crippen molar-refractivity contribution in [3.8, 4) is 0 Å². The molecule has 0 N–H and O–H groups in total. The van der Waals surface area contributed by atoms with Gasteiger partial charge in [-0.1, -0.05) is 13.8 Å². The van der Waals surface area contributed by atoms with Crippen molar-refractivity contribution in [3.05, 3.63) is 50.7 Å². The molecule has 0 spiro atoms. The Bertz CT molecular complexity index is 865. The van der Waals surface area contributed by atoms with Crippen LogP contribution < -0.4 is 11.1 Å². The van der Waals surface area contributed by atoms with Gasteiger partial charge >= 0.3 is 11.1 Å². The van der Waals surface area contributed by atoms with Crippen LogP contribution in [0.3, 0.4) is 0 Å². The van der Waals surface area contributed by atoms with E-state index in [1.807, 2.05) is 26.0 Å². The minimum absolute atomic E-state index is 0.204. The Balaban J connectivity index is 1.63. The highest BCUT2D eigenvalue weighted by atomic mass is 16.3. The van der Waals surface area contributed by atoms with Crippen LogP contribution in [0.4, 0.5) is 0 Å². The van der Waals surface area contributed by atoms with Crippen molar-refractivity contribution >= 4 is 0 Å². The molecule has 134 valence electrons. The smallest absolute Gasteiger partial charge is 0.332 e. The van der Waals surface area contributed by atoms with E-state index in [-0.39, 0.29) is 11.8 Å². The number of rotatable bonds is 4. The number of piperidine rings is 1. The van der Waals surface area contributed by atoms with Gasteiger partial charge in [-0.05, 0) is 36.9 Å². The topological polar surface area (TPSA) is 73.3 Å². The van der Waals surface area contributed by atoms with Crippen LogP contribution in [0.25, 0.3) is 0 Å². The molecular weight excluding hydrogens is 320 g/mol. The summed E-state index contributed by atoms with van der Waals surface area (Å²) in [5.74, 6) is 2.59. The van der Waals surface area contributed by atoms with Gasteiger partial charge in [-0.3, -0.25) is 19.1 Å². The molecule has 2 aliphatic rings. The lowest BCUT2D eigenvalue weighted by Gasteiger charge is -2.33. The molecule has 0 bridgehead atoms. The van der Waals surface area contributed by atoms with Crippen LogP contribution in [0.1, 0.15) is 37.8 Å². The highest BCUT2D eigenvalue weighted by Gasteiger charge is 2.40. The second kappa shape index (κ2) is 6.29. The fraction of sp³-hybridized carbons (Fsp3) is 0.611. The fourth-order valence-electron chi connectivity index (χ4n) is 4.05. The van der Waals surface area contributed by atoms with Gasteiger partial charge in [0.1, 0.15) is 11.6 Å². The van der Waals surface area contributed by atoms with Crippen LogP contribution in [0.5, 0.6) is 0 Å². The van der Waals surface area contributed by atoms with Gasteiger partial charge in [0.15, 0.2) is 0 Å². The van der Waals surface area contributed by atoms with Gasteiger partial charge < -0.3 is 4.42 Å². The van der Waals surface area contributed by atoms with Gasteiger partial charge in [0.2, 0.25) is 0 Å². The monoisotopic (exact) mass is 344 g/mol. The van der Waals surface area contributed by atoms with Crippen molar-refractivity contribution in [2.45, 2.75) is 45.8 Å². The van der Waals surface area contributed by atoms with Gasteiger partial charge in [0.25, 0.3) is 0 Å². The molecule has 2 aliphatic heterocycles. The van der Waals surface area contributed by atoms with Crippen molar-refractivity contribution in [2.75, 3.05) is 13.1 Å². The van der Waals surface area contributed by atoms with E-state index in [0.29, 0.717) is 19.0 Å². The van der Waals surface area contributed by atoms with Crippen LogP contribution in [0, 0.1) is 11.8 Å². The van der Waals surface area contributed by atoms with E-state index < -0.39 is 11.1 Å². The van der Waals surface area contributed by atoms with E-state index in [1.165, 1.54) is 4.68 Å². The number of hydrogen-bond acceptors (Lipinski definition) is 5. The van der Waals surface area contributed by atoms with Crippen LogP contribution in [0.15, 0.2) is 32.4 Å². The minimum Gasteiger partial charge on any atom is -0.468 e. The second-order valence-corrected chi connectivity index (χ2v) is 7.62. The summed E-state index contributed by atoms with van der Waals surface area (Å²) < 4.78 is 8.44. The van der Waals surface area contributed by atoms with Crippen molar-refractivity contribution in [2.24, 2.45) is 11.8 Å².